The lowest BCUT2D eigenvalue weighted by atomic mass is 9.91. The minimum absolute atomic E-state index is 0.00593. The summed E-state index contributed by atoms with van der Waals surface area (Å²) < 4.78 is 5.53. The second kappa shape index (κ2) is 8.15. The van der Waals surface area contributed by atoms with E-state index in [0.717, 1.165) is 31.6 Å². The van der Waals surface area contributed by atoms with Crippen LogP contribution >= 0.6 is 0 Å². The second-order valence-corrected chi connectivity index (χ2v) is 5.95. The molecule has 0 aliphatic carbocycles. The van der Waals surface area contributed by atoms with Crippen LogP contribution in [0.3, 0.4) is 0 Å². The Kier molecular flexibility index (Phi) is 6.21. The molecular weight excluding hydrogens is 278 g/mol. The number of rotatable bonds is 6. The highest BCUT2D eigenvalue weighted by atomic mass is 16.5. The van der Waals surface area contributed by atoms with Gasteiger partial charge in [-0.15, -0.1) is 0 Å². The lowest BCUT2D eigenvalue weighted by molar-refractivity contribution is -0.117. The number of ether oxygens (including phenoxy) is 1. The molecule has 22 heavy (non-hydrogen) atoms. The van der Waals surface area contributed by atoms with Gasteiger partial charge >= 0.3 is 0 Å². The van der Waals surface area contributed by atoms with Crippen LogP contribution < -0.4 is 15.8 Å². The van der Waals surface area contributed by atoms with Gasteiger partial charge in [-0.1, -0.05) is 12.1 Å². The third-order valence-corrected chi connectivity index (χ3v) is 4.20. The minimum Gasteiger partial charge on any atom is -0.492 e. The number of nitrogens with two attached hydrogens (primary N) is 1. The van der Waals surface area contributed by atoms with Crippen molar-refractivity contribution in [1.82, 2.24) is 4.90 Å². The zero-order valence-corrected chi connectivity index (χ0v) is 13.5. The largest absolute Gasteiger partial charge is 0.492 e. The fourth-order valence-corrected chi connectivity index (χ4v) is 2.88. The highest BCUT2D eigenvalue weighted by Gasteiger charge is 2.23. The van der Waals surface area contributed by atoms with E-state index in [2.05, 4.69) is 17.1 Å². The van der Waals surface area contributed by atoms with Crippen molar-refractivity contribution < 1.29 is 9.53 Å². The smallest absolute Gasteiger partial charge is 0.238 e. The maximum Gasteiger partial charge on any atom is 0.238 e. The lowest BCUT2D eigenvalue weighted by Crippen LogP contribution is -2.42. The number of nitrogens with one attached hydrogen (secondary N) is 1. The summed E-state index contributed by atoms with van der Waals surface area (Å²) in [4.78, 5) is 14.4. The molecule has 1 fully saturated rings. The monoisotopic (exact) mass is 305 g/mol. The molecule has 5 heteroatoms. The molecule has 0 saturated carbocycles. The number of nitrogens with zero attached hydrogens (tertiary/aromatic N) is 1. The van der Waals surface area contributed by atoms with E-state index in [0.29, 0.717) is 24.8 Å². The number of likely N-dealkylation sites (tertiary alicyclic amines) is 1. The van der Waals surface area contributed by atoms with Crippen LogP contribution in [0.4, 0.5) is 5.69 Å². The normalized spacial score (nSPS) is 18.0. The summed E-state index contributed by atoms with van der Waals surface area (Å²) in [6, 6.07) is 7.78. The minimum atomic E-state index is 0.00593. The summed E-state index contributed by atoms with van der Waals surface area (Å²) in [5.74, 6) is 1.30. The van der Waals surface area contributed by atoms with Crippen molar-refractivity contribution in [3.8, 4) is 5.75 Å². The van der Waals surface area contributed by atoms with Crippen molar-refractivity contribution in [2.75, 3.05) is 31.6 Å². The van der Waals surface area contributed by atoms with Crippen LogP contribution in [0.5, 0.6) is 5.75 Å². The number of anilines is 1. The summed E-state index contributed by atoms with van der Waals surface area (Å²) in [6.07, 6.45) is 2.14. The number of carbonyl (C=O) groups is 1. The molecule has 1 aromatic rings. The van der Waals surface area contributed by atoms with Crippen LogP contribution in [0.25, 0.3) is 0 Å². The van der Waals surface area contributed by atoms with Crippen molar-refractivity contribution in [2.24, 2.45) is 11.7 Å². The van der Waals surface area contributed by atoms with Crippen LogP contribution in [0.15, 0.2) is 24.3 Å². The van der Waals surface area contributed by atoms with Crippen LogP contribution in [0.1, 0.15) is 26.7 Å². The summed E-state index contributed by atoms with van der Waals surface area (Å²) in [7, 11) is 0. The molecule has 0 bridgehead atoms. The molecule has 1 aromatic carbocycles. The zero-order valence-electron chi connectivity index (χ0n) is 13.5. The molecule has 122 valence electrons. The molecule has 1 amide bonds. The number of amides is 1. The van der Waals surface area contributed by atoms with Crippen molar-refractivity contribution in [2.45, 2.75) is 32.7 Å². The standard InChI is InChI=1S/C17H27N3O2/c1-3-22-16-7-5-4-6-15(16)19-17(21)12-20-10-8-14(9-11-20)13(2)18/h4-7,13-14H,3,8-12,18H2,1-2H3,(H,19,21). The number of hydrogen-bond acceptors (Lipinski definition) is 4. The van der Waals surface area contributed by atoms with Gasteiger partial charge < -0.3 is 15.8 Å². The Morgan fingerprint density at radius 1 is 1.41 bits per heavy atom. The van der Waals surface area contributed by atoms with Gasteiger partial charge in [-0.05, 0) is 57.8 Å². The SMILES string of the molecule is CCOc1ccccc1NC(=O)CN1CCC(C(C)N)CC1. The van der Waals surface area contributed by atoms with E-state index < -0.39 is 0 Å². The predicted octanol–water partition coefficient (Wildman–Crippen LogP) is 2.08. The van der Waals surface area contributed by atoms with E-state index in [-0.39, 0.29) is 11.9 Å². The van der Waals surface area contributed by atoms with Gasteiger partial charge in [-0.3, -0.25) is 9.69 Å². The number of hydrogen-bond donors (Lipinski definition) is 2. The van der Waals surface area contributed by atoms with Gasteiger partial charge in [0.25, 0.3) is 0 Å². The molecule has 1 atom stereocenters. The number of carbonyl (C=O) groups excluding carboxylic acids is 1. The van der Waals surface area contributed by atoms with E-state index in [9.17, 15) is 4.79 Å². The fraction of sp³-hybridized carbons (Fsp3) is 0.588. The van der Waals surface area contributed by atoms with E-state index in [1.165, 1.54) is 0 Å². The Hall–Kier alpha value is -1.59. The number of para-hydroxylation sites is 2. The predicted molar refractivity (Wildman–Crippen MR) is 89.1 cm³/mol. The zero-order chi connectivity index (χ0) is 15.9. The van der Waals surface area contributed by atoms with Gasteiger partial charge in [-0.2, -0.15) is 0 Å². The molecule has 2 rings (SSSR count). The molecular formula is C17H27N3O2. The highest BCUT2D eigenvalue weighted by Crippen LogP contribution is 2.24. The molecule has 3 N–H and O–H groups in total. The van der Waals surface area contributed by atoms with E-state index in [4.69, 9.17) is 10.5 Å². The first kappa shape index (κ1) is 16.8. The summed E-state index contributed by atoms with van der Waals surface area (Å²) >= 11 is 0. The second-order valence-electron chi connectivity index (χ2n) is 5.95. The summed E-state index contributed by atoms with van der Waals surface area (Å²) in [6.45, 7) is 6.88. The fourth-order valence-electron chi connectivity index (χ4n) is 2.88. The van der Waals surface area contributed by atoms with Gasteiger partial charge in [-0.25, -0.2) is 0 Å². The van der Waals surface area contributed by atoms with Crippen LogP contribution in [0.2, 0.25) is 0 Å². The average Bonchev–Trinajstić information content (AvgIpc) is 2.50. The van der Waals surface area contributed by atoms with Crippen LogP contribution in [-0.4, -0.2) is 43.1 Å². The molecule has 0 spiro atoms. The van der Waals surface area contributed by atoms with E-state index in [1.807, 2.05) is 31.2 Å². The first-order valence-corrected chi connectivity index (χ1v) is 8.09. The molecule has 5 nitrogen and oxygen atoms in total. The van der Waals surface area contributed by atoms with Crippen LogP contribution in [0, 0.1) is 5.92 Å². The molecule has 0 radical (unpaired) electrons. The number of benzene rings is 1. The Labute approximate surface area is 132 Å². The number of piperidine rings is 1. The third kappa shape index (κ3) is 4.71. The quantitative estimate of drug-likeness (QED) is 0.844. The molecule has 1 aliphatic rings. The van der Waals surface area contributed by atoms with Crippen molar-refractivity contribution >= 4 is 11.6 Å². The Balaban J connectivity index is 1.84. The molecule has 0 aromatic heterocycles. The first-order valence-electron chi connectivity index (χ1n) is 8.09. The highest BCUT2D eigenvalue weighted by molar-refractivity contribution is 5.93. The molecule has 1 unspecified atom stereocenters. The maximum atomic E-state index is 12.2. The average molecular weight is 305 g/mol. The van der Waals surface area contributed by atoms with Crippen LogP contribution in [-0.2, 0) is 4.79 Å². The van der Waals surface area contributed by atoms with Crippen molar-refractivity contribution in [1.29, 1.82) is 0 Å². The van der Waals surface area contributed by atoms with E-state index >= 15 is 0 Å². The molecule has 1 aliphatic heterocycles. The van der Waals surface area contributed by atoms with Gasteiger partial charge in [0.05, 0.1) is 18.8 Å². The lowest BCUT2D eigenvalue weighted by Gasteiger charge is -2.33. The Morgan fingerprint density at radius 2 is 2.09 bits per heavy atom. The van der Waals surface area contributed by atoms with Crippen molar-refractivity contribution in [3.63, 3.8) is 0 Å². The molecule has 1 saturated heterocycles. The maximum absolute atomic E-state index is 12.2. The van der Waals surface area contributed by atoms with Gasteiger partial charge in [0.1, 0.15) is 5.75 Å². The first-order chi connectivity index (χ1) is 10.6. The Morgan fingerprint density at radius 3 is 2.73 bits per heavy atom. The van der Waals surface area contributed by atoms with Gasteiger partial charge in [0.15, 0.2) is 0 Å². The topological polar surface area (TPSA) is 67.6 Å². The summed E-state index contributed by atoms with van der Waals surface area (Å²) in [5, 5.41) is 2.95. The molecule has 1 heterocycles. The third-order valence-electron chi connectivity index (χ3n) is 4.20. The van der Waals surface area contributed by atoms with Gasteiger partial charge in [0.2, 0.25) is 5.91 Å². The van der Waals surface area contributed by atoms with E-state index in [1.54, 1.807) is 0 Å². The summed E-state index contributed by atoms with van der Waals surface area (Å²) in [5.41, 5.74) is 6.69. The van der Waals surface area contributed by atoms with Gasteiger partial charge in [0, 0.05) is 6.04 Å². The van der Waals surface area contributed by atoms with Crippen molar-refractivity contribution in [3.05, 3.63) is 24.3 Å². The Bertz CT molecular complexity index is 483.